The van der Waals surface area contributed by atoms with Crippen LogP contribution in [0.1, 0.15) is 0 Å². The Kier molecular flexibility index (Phi) is 3.47. The van der Waals surface area contributed by atoms with E-state index in [0.717, 1.165) is 6.08 Å². The molecule has 0 amide bonds. The first kappa shape index (κ1) is 12.6. The summed E-state index contributed by atoms with van der Waals surface area (Å²) in [5.74, 6) is -1.68. The quantitative estimate of drug-likeness (QED) is 0.500. The zero-order valence-corrected chi connectivity index (χ0v) is 9.74. The summed E-state index contributed by atoms with van der Waals surface area (Å²) in [7, 11) is 0. The predicted molar refractivity (Wildman–Crippen MR) is 68.0 cm³/mol. The van der Waals surface area contributed by atoms with Crippen LogP contribution in [0.5, 0.6) is 11.5 Å². The van der Waals surface area contributed by atoms with Gasteiger partial charge >= 0.3 is 11.9 Å². The Labute approximate surface area is 108 Å². The molecule has 0 aromatic heterocycles. The van der Waals surface area contributed by atoms with E-state index in [4.69, 9.17) is 9.84 Å². The van der Waals surface area contributed by atoms with Crippen molar-refractivity contribution in [1.29, 1.82) is 0 Å². The number of aliphatic carboxylic acids is 1. The van der Waals surface area contributed by atoms with E-state index in [1.54, 1.807) is 24.3 Å². The van der Waals surface area contributed by atoms with Crippen molar-refractivity contribution in [3.05, 3.63) is 48.6 Å². The number of hydrogen-bond donors (Lipinski definition) is 2. The van der Waals surface area contributed by atoms with Crippen LogP contribution >= 0.6 is 0 Å². The molecular formula is C14H10O5. The topological polar surface area (TPSA) is 83.8 Å². The molecule has 0 atom stereocenters. The van der Waals surface area contributed by atoms with Crippen molar-refractivity contribution >= 4 is 22.7 Å². The van der Waals surface area contributed by atoms with Crippen molar-refractivity contribution in [2.45, 2.75) is 0 Å². The minimum atomic E-state index is -1.23. The summed E-state index contributed by atoms with van der Waals surface area (Å²) >= 11 is 0. The summed E-state index contributed by atoms with van der Waals surface area (Å²) < 4.78 is 5.03. The number of aromatic hydroxyl groups is 1. The Morgan fingerprint density at radius 2 is 1.68 bits per heavy atom. The van der Waals surface area contributed by atoms with E-state index >= 15 is 0 Å². The number of rotatable bonds is 3. The smallest absolute Gasteiger partial charge is 0.336 e. The molecule has 0 saturated heterocycles. The fourth-order valence-electron chi connectivity index (χ4n) is 1.63. The second-order valence-corrected chi connectivity index (χ2v) is 3.72. The number of carbonyl (C=O) groups is 2. The molecule has 0 radical (unpaired) electrons. The second kappa shape index (κ2) is 5.22. The molecule has 5 heteroatoms. The van der Waals surface area contributed by atoms with Gasteiger partial charge in [0, 0.05) is 22.9 Å². The molecule has 0 aliphatic carbocycles. The Bertz CT molecular complexity index is 673. The zero-order chi connectivity index (χ0) is 13.8. The van der Waals surface area contributed by atoms with E-state index in [0.29, 0.717) is 16.8 Å². The molecule has 2 aromatic rings. The Hall–Kier alpha value is -2.82. The first-order chi connectivity index (χ1) is 9.08. The Morgan fingerprint density at radius 3 is 2.37 bits per heavy atom. The van der Waals surface area contributed by atoms with Gasteiger partial charge in [-0.15, -0.1) is 0 Å². The maximum absolute atomic E-state index is 11.4. The number of phenols is 1. The van der Waals surface area contributed by atoms with Gasteiger partial charge in [-0.2, -0.15) is 0 Å². The average molecular weight is 258 g/mol. The molecule has 0 bridgehead atoms. The van der Waals surface area contributed by atoms with Crippen molar-refractivity contribution in [1.82, 2.24) is 0 Å². The highest BCUT2D eigenvalue weighted by Crippen LogP contribution is 2.32. The Balaban J connectivity index is 2.34. The molecule has 96 valence electrons. The first-order valence-corrected chi connectivity index (χ1v) is 5.41. The van der Waals surface area contributed by atoms with Crippen LogP contribution in [0.25, 0.3) is 10.8 Å². The third kappa shape index (κ3) is 2.90. The third-order valence-electron chi connectivity index (χ3n) is 2.43. The summed E-state index contributed by atoms with van der Waals surface area (Å²) in [6.45, 7) is 0. The highest BCUT2D eigenvalue weighted by molar-refractivity contribution is 5.97. The highest BCUT2D eigenvalue weighted by atomic mass is 16.5. The predicted octanol–water partition coefficient (Wildman–Crippen LogP) is 2.09. The molecular weight excluding hydrogens is 248 g/mol. The highest BCUT2D eigenvalue weighted by Gasteiger charge is 2.08. The third-order valence-corrected chi connectivity index (χ3v) is 2.43. The van der Waals surface area contributed by atoms with Crippen LogP contribution in [0.2, 0.25) is 0 Å². The van der Waals surface area contributed by atoms with Crippen LogP contribution in [0.15, 0.2) is 48.6 Å². The van der Waals surface area contributed by atoms with Crippen molar-refractivity contribution in [2.75, 3.05) is 0 Å². The van der Waals surface area contributed by atoms with Gasteiger partial charge in [-0.25, -0.2) is 9.59 Å². The molecule has 0 fully saturated rings. The lowest BCUT2D eigenvalue weighted by atomic mass is 10.1. The van der Waals surface area contributed by atoms with Gasteiger partial charge in [-0.1, -0.05) is 24.3 Å². The number of phenolic OH excluding ortho intramolecular Hbond substituents is 1. The molecule has 2 aromatic carbocycles. The van der Waals surface area contributed by atoms with E-state index in [1.165, 1.54) is 12.1 Å². The van der Waals surface area contributed by atoms with Gasteiger partial charge in [0.05, 0.1) is 0 Å². The van der Waals surface area contributed by atoms with E-state index in [-0.39, 0.29) is 11.5 Å². The number of fused-ring (bicyclic) bond motifs is 1. The molecule has 2 rings (SSSR count). The largest absolute Gasteiger partial charge is 0.507 e. The van der Waals surface area contributed by atoms with Crippen LogP contribution in [0.4, 0.5) is 0 Å². The molecule has 5 nitrogen and oxygen atoms in total. The van der Waals surface area contributed by atoms with E-state index in [2.05, 4.69) is 0 Å². The molecule has 0 saturated carbocycles. The van der Waals surface area contributed by atoms with Gasteiger partial charge in [-0.05, 0) is 12.1 Å². The summed E-state index contributed by atoms with van der Waals surface area (Å²) in [5, 5.41) is 19.2. The molecule has 0 heterocycles. The van der Waals surface area contributed by atoms with Gasteiger partial charge in [0.1, 0.15) is 11.5 Å². The minimum absolute atomic E-state index is 0.0801. The molecule has 0 spiro atoms. The van der Waals surface area contributed by atoms with Crippen LogP contribution in [0, 0.1) is 0 Å². The van der Waals surface area contributed by atoms with Crippen LogP contribution in [0.3, 0.4) is 0 Å². The fourth-order valence-corrected chi connectivity index (χ4v) is 1.63. The lowest BCUT2D eigenvalue weighted by Gasteiger charge is -2.07. The summed E-state index contributed by atoms with van der Waals surface area (Å²) in [6, 6.07) is 9.73. The number of benzene rings is 2. The van der Waals surface area contributed by atoms with Gasteiger partial charge < -0.3 is 14.9 Å². The number of carboxylic acid groups (broad SMARTS) is 1. The van der Waals surface area contributed by atoms with E-state index in [1.807, 2.05) is 0 Å². The molecule has 0 aliphatic heterocycles. The SMILES string of the molecule is O=C(O)/C=C/C(=O)Oc1ccc(O)c2ccccc12. The molecule has 0 aliphatic rings. The van der Waals surface area contributed by atoms with Crippen molar-refractivity contribution in [3.8, 4) is 11.5 Å². The van der Waals surface area contributed by atoms with Crippen LogP contribution in [-0.2, 0) is 9.59 Å². The summed E-state index contributed by atoms with van der Waals surface area (Å²) in [5.41, 5.74) is 0. The standard InChI is InChI=1S/C14H10O5/c15-11-5-6-12(10-4-2-1-3-9(10)11)19-14(18)8-7-13(16)17/h1-8,15H,(H,16,17)/b8-7+. The molecule has 19 heavy (non-hydrogen) atoms. The number of esters is 1. The van der Waals surface area contributed by atoms with Crippen molar-refractivity contribution in [2.24, 2.45) is 0 Å². The summed E-state index contributed by atoms with van der Waals surface area (Å²) in [6.07, 6.45) is 1.52. The van der Waals surface area contributed by atoms with Gasteiger partial charge in [0.25, 0.3) is 0 Å². The van der Waals surface area contributed by atoms with Crippen LogP contribution < -0.4 is 4.74 Å². The normalized spacial score (nSPS) is 10.7. The van der Waals surface area contributed by atoms with Gasteiger partial charge in [0.2, 0.25) is 0 Å². The zero-order valence-electron chi connectivity index (χ0n) is 9.74. The monoisotopic (exact) mass is 258 g/mol. The van der Waals surface area contributed by atoms with E-state index < -0.39 is 11.9 Å². The van der Waals surface area contributed by atoms with Gasteiger partial charge in [0.15, 0.2) is 0 Å². The molecule has 0 unspecified atom stereocenters. The average Bonchev–Trinajstić information content (AvgIpc) is 2.40. The second-order valence-electron chi connectivity index (χ2n) is 3.72. The van der Waals surface area contributed by atoms with Crippen LogP contribution in [-0.4, -0.2) is 22.2 Å². The maximum Gasteiger partial charge on any atom is 0.336 e. The van der Waals surface area contributed by atoms with E-state index in [9.17, 15) is 14.7 Å². The number of carboxylic acids is 1. The number of carbonyl (C=O) groups excluding carboxylic acids is 1. The number of hydrogen-bond acceptors (Lipinski definition) is 4. The minimum Gasteiger partial charge on any atom is -0.507 e. The first-order valence-electron chi connectivity index (χ1n) is 5.41. The van der Waals surface area contributed by atoms with Crippen molar-refractivity contribution in [3.63, 3.8) is 0 Å². The fraction of sp³-hybridized carbons (Fsp3) is 0. The van der Waals surface area contributed by atoms with Crippen molar-refractivity contribution < 1.29 is 24.5 Å². The van der Waals surface area contributed by atoms with Gasteiger partial charge in [-0.3, -0.25) is 0 Å². The Morgan fingerprint density at radius 1 is 1.00 bits per heavy atom. The lowest BCUT2D eigenvalue weighted by Crippen LogP contribution is -2.05. The maximum atomic E-state index is 11.4. The molecule has 2 N–H and O–H groups in total. The number of ether oxygens (including phenoxy) is 1. The lowest BCUT2D eigenvalue weighted by molar-refractivity contribution is -0.133. The summed E-state index contributed by atoms with van der Waals surface area (Å²) in [4.78, 5) is 21.7.